The summed E-state index contributed by atoms with van der Waals surface area (Å²) in [4.78, 5) is 4.21. The van der Waals surface area contributed by atoms with Crippen LogP contribution in [0, 0.1) is 0 Å². The molecule has 1 aromatic heterocycles. The van der Waals surface area contributed by atoms with Crippen molar-refractivity contribution in [3.8, 4) is 0 Å². The fourth-order valence-corrected chi connectivity index (χ4v) is 0.980. The number of rotatable bonds is 4. The van der Waals surface area contributed by atoms with E-state index in [-0.39, 0.29) is 6.04 Å². The zero-order valence-electron chi connectivity index (χ0n) is 7.79. The third-order valence-electron chi connectivity index (χ3n) is 1.68. The van der Waals surface area contributed by atoms with E-state index < -0.39 is 0 Å². The summed E-state index contributed by atoms with van der Waals surface area (Å²) in [7, 11) is 0. The number of hydrogen-bond donors (Lipinski definition) is 1. The molecule has 0 amide bonds. The molecular formula is C8H15N3O. The lowest BCUT2D eigenvalue weighted by Crippen LogP contribution is -2.17. The first-order chi connectivity index (χ1) is 5.77. The normalized spacial score (nSPS) is 13.2. The fraction of sp³-hybridized carbons (Fsp3) is 0.750. The van der Waals surface area contributed by atoms with E-state index in [9.17, 15) is 0 Å². The Hall–Kier alpha value is -0.900. The van der Waals surface area contributed by atoms with Gasteiger partial charge in [-0.2, -0.15) is 4.98 Å². The summed E-state index contributed by atoms with van der Waals surface area (Å²) in [6, 6.07) is 0.155. The Morgan fingerprint density at radius 2 is 2.25 bits per heavy atom. The largest absolute Gasteiger partial charge is 0.338 e. The van der Waals surface area contributed by atoms with Crippen LogP contribution in [0.2, 0.25) is 0 Å². The molecule has 0 aliphatic carbocycles. The van der Waals surface area contributed by atoms with Gasteiger partial charge in [0.2, 0.25) is 5.89 Å². The Morgan fingerprint density at radius 1 is 1.50 bits per heavy atom. The van der Waals surface area contributed by atoms with Gasteiger partial charge in [0.05, 0.1) is 6.04 Å². The number of nitrogens with one attached hydrogen (secondary N) is 1. The van der Waals surface area contributed by atoms with Gasteiger partial charge < -0.3 is 9.84 Å². The number of aromatic nitrogens is 2. The van der Waals surface area contributed by atoms with Gasteiger partial charge in [-0.3, -0.25) is 0 Å². The molecule has 1 rings (SSSR count). The van der Waals surface area contributed by atoms with Crippen molar-refractivity contribution in [2.75, 3.05) is 6.54 Å². The van der Waals surface area contributed by atoms with Gasteiger partial charge in [0.25, 0.3) is 0 Å². The first-order valence-corrected chi connectivity index (χ1v) is 4.33. The molecule has 1 heterocycles. The lowest BCUT2D eigenvalue weighted by Gasteiger charge is -2.04. The molecule has 0 bridgehead atoms. The summed E-state index contributed by atoms with van der Waals surface area (Å²) in [6.45, 7) is 6.97. The first kappa shape index (κ1) is 9.19. The van der Waals surface area contributed by atoms with E-state index in [1.165, 1.54) is 0 Å². The van der Waals surface area contributed by atoms with Gasteiger partial charge in [0.1, 0.15) is 0 Å². The topological polar surface area (TPSA) is 51.0 Å². The van der Waals surface area contributed by atoms with Crippen LogP contribution in [0.15, 0.2) is 4.52 Å². The second-order valence-electron chi connectivity index (χ2n) is 2.68. The van der Waals surface area contributed by atoms with Crippen LogP contribution in [-0.4, -0.2) is 16.7 Å². The van der Waals surface area contributed by atoms with Crippen molar-refractivity contribution in [2.24, 2.45) is 0 Å². The van der Waals surface area contributed by atoms with Gasteiger partial charge in [-0.05, 0) is 13.5 Å². The minimum Gasteiger partial charge on any atom is -0.338 e. The lowest BCUT2D eigenvalue weighted by molar-refractivity contribution is 0.339. The lowest BCUT2D eigenvalue weighted by atomic mass is 10.3. The SMILES string of the molecule is CCNC(C)c1nc(CC)no1. The van der Waals surface area contributed by atoms with Crippen molar-refractivity contribution < 1.29 is 4.52 Å². The van der Waals surface area contributed by atoms with Crippen LogP contribution in [0.5, 0.6) is 0 Å². The van der Waals surface area contributed by atoms with Gasteiger partial charge in [0.15, 0.2) is 5.82 Å². The Kier molecular flexibility index (Phi) is 3.22. The minimum absolute atomic E-state index is 0.155. The maximum Gasteiger partial charge on any atom is 0.243 e. The summed E-state index contributed by atoms with van der Waals surface area (Å²) in [5.74, 6) is 1.45. The summed E-state index contributed by atoms with van der Waals surface area (Å²) in [5, 5.41) is 7.01. The summed E-state index contributed by atoms with van der Waals surface area (Å²) >= 11 is 0. The molecule has 0 radical (unpaired) electrons. The van der Waals surface area contributed by atoms with Crippen molar-refractivity contribution >= 4 is 0 Å². The highest BCUT2D eigenvalue weighted by Gasteiger charge is 2.11. The summed E-state index contributed by atoms with van der Waals surface area (Å²) in [5.41, 5.74) is 0. The molecule has 0 aliphatic rings. The molecule has 0 aromatic carbocycles. The number of nitrogens with zero attached hydrogens (tertiary/aromatic N) is 2. The van der Waals surface area contributed by atoms with Gasteiger partial charge in [-0.15, -0.1) is 0 Å². The second-order valence-corrected chi connectivity index (χ2v) is 2.68. The maximum atomic E-state index is 5.05. The van der Waals surface area contributed by atoms with Crippen LogP contribution in [0.4, 0.5) is 0 Å². The highest BCUT2D eigenvalue weighted by molar-refractivity contribution is 4.90. The average Bonchev–Trinajstić information content (AvgIpc) is 2.52. The van der Waals surface area contributed by atoms with Gasteiger partial charge in [-0.25, -0.2) is 0 Å². The molecule has 0 aliphatic heterocycles. The van der Waals surface area contributed by atoms with Crippen molar-refractivity contribution in [1.29, 1.82) is 0 Å². The van der Waals surface area contributed by atoms with Crippen molar-refractivity contribution in [1.82, 2.24) is 15.5 Å². The predicted octanol–water partition coefficient (Wildman–Crippen LogP) is 1.30. The van der Waals surface area contributed by atoms with Crippen molar-refractivity contribution in [3.63, 3.8) is 0 Å². The van der Waals surface area contributed by atoms with Gasteiger partial charge in [0, 0.05) is 6.42 Å². The molecule has 0 fully saturated rings. The Labute approximate surface area is 72.4 Å². The van der Waals surface area contributed by atoms with Gasteiger partial charge in [-0.1, -0.05) is 19.0 Å². The molecule has 4 nitrogen and oxygen atoms in total. The van der Waals surface area contributed by atoms with Crippen molar-refractivity contribution in [3.05, 3.63) is 11.7 Å². The molecule has 1 N–H and O–H groups in total. The smallest absolute Gasteiger partial charge is 0.243 e. The molecule has 1 aromatic rings. The van der Waals surface area contributed by atoms with Crippen LogP contribution in [0.1, 0.15) is 38.5 Å². The molecular weight excluding hydrogens is 154 g/mol. The molecule has 68 valence electrons. The molecule has 4 heteroatoms. The molecule has 0 saturated heterocycles. The van der Waals surface area contributed by atoms with Crippen LogP contribution in [0.3, 0.4) is 0 Å². The van der Waals surface area contributed by atoms with E-state index in [2.05, 4.69) is 15.5 Å². The van der Waals surface area contributed by atoms with Crippen LogP contribution in [-0.2, 0) is 6.42 Å². The average molecular weight is 169 g/mol. The van der Waals surface area contributed by atoms with E-state index in [0.717, 1.165) is 18.8 Å². The van der Waals surface area contributed by atoms with E-state index in [1.807, 2.05) is 20.8 Å². The van der Waals surface area contributed by atoms with Gasteiger partial charge >= 0.3 is 0 Å². The monoisotopic (exact) mass is 169 g/mol. The van der Waals surface area contributed by atoms with Crippen LogP contribution < -0.4 is 5.32 Å². The maximum absolute atomic E-state index is 5.05. The van der Waals surface area contributed by atoms with E-state index >= 15 is 0 Å². The Balaban J connectivity index is 2.61. The zero-order valence-corrected chi connectivity index (χ0v) is 7.79. The van der Waals surface area contributed by atoms with Crippen molar-refractivity contribution in [2.45, 2.75) is 33.2 Å². The predicted molar refractivity (Wildman–Crippen MR) is 45.8 cm³/mol. The number of hydrogen-bond acceptors (Lipinski definition) is 4. The highest BCUT2D eigenvalue weighted by atomic mass is 16.5. The van der Waals surface area contributed by atoms with E-state index in [0.29, 0.717) is 5.89 Å². The summed E-state index contributed by atoms with van der Waals surface area (Å²) in [6.07, 6.45) is 0.822. The van der Waals surface area contributed by atoms with E-state index in [4.69, 9.17) is 4.52 Å². The standard InChI is InChI=1S/C8H15N3O/c1-4-7-10-8(12-11-7)6(3)9-5-2/h6,9H,4-5H2,1-3H3. The second kappa shape index (κ2) is 4.21. The fourth-order valence-electron chi connectivity index (χ4n) is 0.980. The quantitative estimate of drug-likeness (QED) is 0.738. The Morgan fingerprint density at radius 3 is 2.75 bits per heavy atom. The van der Waals surface area contributed by atoms with Crippen LogP contribution in [0.25, 0.3) is 0 Å². The number of aryl methyl sites for hydroxylation is 1. The molecule has 0 spiro atoms. The summed E-state index contributed by atoms with van der Waals surface area (Å²) < 4.78 is 5.05. The molecule has 1 unspecified atom stereocenters. The van der Waals surface area contributed by atoms with Crippen LogP contribution >= 0.6 is 0 Å². The molecule has 1 atom stereocenters. The highest BCUT2D eigenvalue weighted by Crippen LogP contribution is 2.08. The minimum atomic E-state index is 0.155. The molecule has 0 saturated carbocycles. The first-order valence-electron chi connectivity index (χ1n) is 4.33. The Bertz CT molecular complexity index is 234. The molecule has 12 heavy (non-hydrogen) atoms. The third-order valence-corrected chi connectivity index (χ3v) is 1.68. The zero-order chi connectivity index (χ0) is 8.97. The third kappa shape index (κ3) is 2.04. The van der Waals surface area contributed by atoms with E-state index in [1.54, 1.807) is 0 Å².